The number of hydrogen-bond donors (Lipinski definition) is 1. The quantitative estimate of drug-likeness (QED) is 0.837. The Morgan fingerprint density at radius 3 is 2.68 bits per heavy atom. The zero-order chi connectivity index (χ0) is 18.0. The molecular formula is C19H18ClF2NO2. The van der Waals surface area contributed by atoms with E-state index in [0.29, 0.717) is 13.1 Å². The first kappa shape index (κ1) is 17.8. The van der Waals surface area contributed by atoms with Gasteiger partial charge in [-0.1, -0.05) is 35.9 Å². The standard InChI is InChI=1S/C19H18ClF2NO2/c20-16-9-18(22)17(21)8-15(16)19(25)23-5-4-13(10-23)6-12-2-1-3-14(7-12)11-24/h1-3,7-9,13,24H,4-6,10-11H2. The molecule has 1 fully saturated rings. The van der Waals surface area contributed by atoms with E-state index in [1.165, 1.54) is 0 Å². The minimum atomic E-state index is -1.08. The molecule has 0 radical (unpaired) electrons. The third kappa shape index (κ3) is 3.99. The van der Waals surface area contributed by atoms with Crippen molar-refractivity contribution in [1.82, 2.24) is 4.90 Å². The van der Waals surface area contributed by atoms with E-state index in [9.17, 15) is 18.7 Å². The average Bonchev–Trinajstić information content (AvgIpc) is 3.06. The summed E-state index contributed by atoms with van der Waals surface area (Å²) in [6, 6.07) is 9.40. The van der Waals surface area contributed by atoms with Gasteiger partial charge in [-0.05, 0) is 42.0 Å². The largest absolute Gasteiger partial charge is 0.392 e. The number of halogens is 3. The molecule has 2 aromatic rings. The van der Waals surface area contributed by atoms with Gasteiger partial charge in [-0.3, -0.25) is 4.79 Å². The highest BCUT2D eigenvalue weighted by atomic mass is 35.5. The number of aliphatic hydroxyl groups excluding tert-OH is 1. The highest BCUT2D eigenvalue weighted by Crippen LogP contribution is 2.26. The van der Waals surface area contributed by atoms with Crippen molar-refractivity contribution < 1.29 is 18.7 Å². The summed E-state index contributed by atoms with van der Waals surface area (Å²) in [4.78, 5) is 14.2. The van der Waals surface area contributed by atoms with Gasteiger partial charge in [0.25, 0.3) is 5.91 Å². The summed E-state index contributed by atoms with van der Waals surface area (Å²) in [6.07, 6.45) is 1.62. The lowest BCUT2D eigenvalue weighted by Crippen LogP contribution is -2.29. The molecule has 0 bridgehead atoms. The summed E-state index contributed by atoms with van der Waals surface area (Å²) < 4.78 is 26.6. The summed E-state index contributed by atoms with van der Waals surface area (Å²) in [5.41, 5.74) is 1.96. The Morgan fingerprint density at radius 2 is 1.92 bits per heavy atom. The molecule has 0 aromatic heterocycles. The Hall–Kier alpha value is -1.98. The Balaban J connectivity index is 1.68. The molecule has 1 heterocycles. The molecule has 2 aromatic carbocycles. The highest BCUT2D eigenvalue weighted by Gasteiger charge is 2.28. The van der Waals surface area contributed by atoms with Crippen LogP contribution in [0, 0.1) is 17.6 Å². The van der Waals surface area contributed by atoms with Crippen LogP contribution in [0.5, 0.6) is 0 Å². The average molecular weight is 366 g/mol. The Bertz CT molecular complexity index is 797. The molecule has 6 heteroatoms. The Morgan fingerprint density at radius 1 is 1.20 bits per heavy atom. The number of benzene rings is 2. The first-order chi connectivity index (χ1) is 12.0. The number of nitrogens with zero attached hydrogens (tertiary/aromatic N) is 1. The summed E-state index contributed by atoms with van der Waals surface area (Å²) in [7, 11) is 0. The summed E-state index contributed by atoms with van der Waals surface area (Å²) in [5, 5.41) is 9.13. The molecule has 1 amide bonds. The molecule has 1 N–H and O–H groups in total. The van der Waals surface area contributed by atoms with Gasteiger partial charge < -0.3 is 10.0 Å². The molecule has 1 aliphatic rings. The van der Waals surface area contributed by atoms with E-state index in [2.05, 4.69) is 0 Å². The van der Waals surface area contributed by atoms with Crippen LogP contribution in [-0.4, -0.2) is 29.0 Å². The lowest BCUT2D eigenvalue weighted by molar-refractivity contribution is 0.0786. The third-order valence-corrected chi connectivity index (χ3v) is 4.82. The van der Waals surface area contributed by atoms with E-state index in [4.69, 9.17) is 11.6 Å². The van der Waals surface area contributed by atoms with E-state index >= 15 is 0 Å². The van der Waals surface area contributed by atoms with Gasteiger partial charge in [0.1, 0.15) is 0 Å². The van der Waals surface area contributed by atoms with Crippen LogP contribution in [0.1, 0.15) is 27.9 Å². The molecule has 0 spiro atoms. The molecule has 3 rings (SSSR count). The monoisotopic (exact) mass is 365 g/mol. The van der Waals surface area contributed by atoms with Gasteiger partial charge in [0, 0.05) is 13.1 Å². The minimum Gasteiger partial charge on any atom is -0.392 e. The smallest absolute Gasteiger partial charge is 0.255 e. The van der Waals surface area contributed by atoms with Crippen molar-refractivity contribution in [2.75, 3.05) is 13.1 Å². The molecule has 3 nitrogen and oxygen atoms in total. The number of amides is 1. The molecule has 1 aliphatic heterocycles. The predicted octanol–water partition coefficient (Wildman–Crippen LogP) is 3.82. The number of aliphatic hydroxyl groups is 1. The SMILES string of the molecule is O=C(c1cc(F)c(F)cc1Cl)N1CCC(Cc2cccc(CO)c2)C1. The van der Waals surface area contributed by atoms with Gasteiger partial charge in [0.2, 0.25) is 0 Å². The van der Waals surface area contributed by atoms with E-state index in [1.807, 2.05) is 24.3 Å². The van der Waals surface area contributed by atoms with E-state index in [-0.39, 0.29) is 29.0 Å². The van der Waals surface area contributed by atoms with Crippen LogP contribution in [0.15, 0.2) is 36.4 Å². The number of likely N-dealkylation sites (tertiary alicyclic amines) is 1. The lowest BCUT2D eigenvalue weighted by Gasteiger charge is -2.18. The molecule has 1 atom stereocenters. The van der Waals surface area contributed by atoms with Crippen LogP contribution in [0.4, 0.5) is 8.78 Å². The molecular weight excluding hydrogens is 348 g/mol. The van der Waals surface area contributed by atoms with Crippen LogP contribution in [0.2, 0.25) is 5.02 Å². The maximum absolute atomic E-state index is 13.4. The van der Waals surface area contributed by atoms with Gasteiger partial charge in [0.05, 0.1) is 17.2 Å². The number of hydrogen-bond acceptors (Lipinski definition) is 2. The van der Waals surface area contributed by atoms with Gasteiger partial charge in [-0.2, -0.15) is 0 Å². The number of carbonyl (C=O) groups is 1. The zero-order valence-electron chi connectivity index (χ0n) is 13.5. The third-order valence-electron chi connectivity index (χ3n) is 4.51. The van der Waals surface area contributed by atoms with Crippen molar-refractivity contribution in [1.29, 1.82) is 0 Å². The summed E-state index contributed by atoms with van der Waals surface area (Å²) in [6.45, 7) is 1.09. The van der Waals surface area contributed by atoms with Gasteiger partial charge >= 0.3 is 0 Å². The lowest BCUT2D eigenvalue weighted by atomic mass is 9.97. The molecule has 0 aliphatic carbocycles. The first-order valence-corrected chi connectivity index (χ1v) is 8.48. The van der Waals surface area contributed by atoms with Crippen molar-refractivity contribution in [3.63, 3.8) is 0 Å². The maximum Gasteiger partial charge on any atom is 0.255 e. The van der Waals surface area contributed by atoms with Gasteiger partial charge in [0.15, 0.2) is 11.6 Å². The van der Waals surface area contributed by atoms with Gasteiger partial charge in [-0.15, -0.1) is 0 Å². The van der Waals surface area contributed by atoms with E-state index in [1.54, 1.807) is 4.90 Å². The summed E-state index contributed by atoms with van der Waals surface area (Å²) >= 11 is 5.90. The molecule has 1 saturated heterocycles. The topological polar surface area (TPSA) is 40.5 Å². The van der Waals surface area contributed by atoms with Gasteiger partial charge in [-0.25, -0.2) is 8.78 Å². The fourth-order valence-corrected chi connectivity index (χ4v) is 3.46. The molecule has 1 unspecified atom stereocenters. The van der Waals surface area contributed by atoms with Crippen LogP contribution < -0.4 is 0 Å². The first-order valence-electron chi connectivity index (χ1n) is 8.10. The Kier molecular flexibility index (Phi) is 5.35. The minimum absolute atomic E-state index is 0.00223. The summed E-state index contributed by atoms with van der Waals surface area (Å²) in [5.74, 6) is -2.24. The van der Waals surface area contributed by atoms with E-state index in [0.717, 1.165) is 36.1 Å². The van der Waals surface area contributed by atoms with Crippen LogP contribution in [-0.2, 0) is 13.0 Å². The number of carbonyl (C=O) groups excluding carboxylic acids is 1. The second-order valence-electron chi connectivity index (χ2n) is 6.33. The molecule has 132 valence electrons. The molecule has 0 saturated carbocycles. The van der Waals surface area contributed by atoms with Crippen molar-refractivity contribution in [2.45, 2.75) is 19.4 Å². The van der Waals surface area contributed by atoms with Crippen LogP contribution in [0.25, 0.3) is 0 Å². The number of rotatable bonds is 4. The van der Waals surface area contributed by atoms with Crippen LogP contribution >= 0.6 is 11.6 Å². The fourth-order valence-electron chi connectivity index (χ4n) is 3.23. The van der Waals surface area contributed by atoms with Crippen molar-refractivity contribution in [2.24, 2.45) is 5.92 Å². The van der Waals surface area contributed by atoms with Crippen molar-refractivity contribution in [3.05, 3.63) is 69.7 Å². The van der Waals surface area contributed by atoms with Crippen molar-refractivity contribution in [3.8, 4) is 0 Å². The predicted molar refractivity (Wildman–Crippen MR) is 91.4 cm³/mol. The highest BCUT2D eigenvalue weighted by molar-refractivity contribution is 6.33. The second-order valence-corrected chi connectivity index (χ2v) is 6.74. The molecule has 25 heavy (non-hydrogen) atoms. The van der Waals surface area contributed by atoms with E-state index < -0.39 is 11.6 Å². The zero-order valence-corrected chi connectivity index (χ0v) is 14.3. The van der Waals surface area contributed by atoms with Crippen molar-refractivity contribution >= 4 is 17.5 Å². The fraction of sp³-hybridized carbons (Fsp3) is 0.316. The second kappa shape index (κ2) is 7.50. The Labute approximate surface area is 149 Å². The maximum atomic E-state index is 13.4. The normalized spacial score (nSPS) is 17.1. The van der Waals surface area contributed by atoms with Crippen LogP contribution in [0.3, 0.4) is 0 Å².